The van der Waals surface area contributed by atoms with Gasteiger partial charge in [0, 0.05) is 5.56 Å². The highest BCUT2D eigenvalue weighted by atomic mass is 35.5. The second-order valence-corrected chi connectivity index (χ2v) is 5.32. The molecule has 0 aliphatic heterocycles. The van der Waals surface area contributed by atoms with E-state index in [4.69, 9.17) is 27.9 Å². The molecule has 17 heavy (non-hydrogen) atoms. The lowest BCUT2D eigenvalue weighted by Crippen LogP contribution is -1.88. The van der Waals surface area contributed by atoms with E-state index in [-0.39, 0.29) is 6.61 Å². The minimum absolute atomic E-state index is 0.109. The van der Waals surface area contributed by atoms with E-state index in [1.807, 2.05) is 0 Å². The lowest BCUT2D eigenvalue weighted by Gasteiger charge is -2.05. The number of aliphatic hydroxyl groups excluding tert-OH is 1. The summed E-state index contributed by atoms with van der Waals surface area (Å²) in [4.78, 5) is 4.86. The number of methoxy groups -OCH3 is 1. The summed E-state index contributed by atoms with van der Waals surface area (Å²) in [6.07, 6.45) is 0. The highest BCUT2D eigenvalue weighted by Crippen LogP contribution is 2.36. The van der Waals surface area contributed by atoms with Gasteiger partial charge in [-0.15, -0.1) is 11.3 Å². The fourth-order valence-electron chi connectivity index (χ4n) is 1.46. The van der Waals surface area contributed by atoms with E-state index in [9.17, 15) is 5.11 Å². The van der Waals surface area contributed by atoms with Gasteiger partial charge >= 0.3 is 0 Å². The van der Waals surface area contributed by atoms with Crippen LogP contribution in [0.2, 0.25) is 9.49 Å². The highest BCUT2D eigenvalue weighted by Gasteiger charge is 2.14. The Kier molecular flexibility index (Phi) is 3.89. The minimum atomic E-state index is -0.109. The third-order valence-electron chi connectivity index (χ3n) is 2.25. The van der Waals surface area contributed by atoms with Gasteiger partial charge < -0.3 is 9.84 Å². The molecule has 90 valence electrons. The lowest BCUT2D eigenvalue weighted by molar-refractivity contribution is 0.286. The highest BCUT2D eigenvalue weighted by molar-refractivity contribution is 7.16. The number of hydrogen-bond donors (Lipinski definition) is 1. The Balaban J connectivity index is 2.52. The molecule has 0 unspecified atom stereocenters. The molecule has 0 bridgehead atoms. The van der Waals surface area contributed by atoms with Crippen molar-refractivity contribution in [3.05, 3.63) is 32.6 Å². The predicted molar refractivity (Wildman–Crippen MR) is 70.0 cm³/mol. The van der Waals surface area contributed by atoms with Gasteiger partial charge in [-0.2, -0.15) is 0 Å². The van der Waals surface area contributed by atoms with Crippen LogP contribution >= 0.6 is 34.5 Å². The van der Waals surface area contributed by atoms with Crippen molar-refractivity contribution in [1.82, 2.24) is 4.98 Å². The molecule has 0 spiro atoms. The number of aromatic nitrogens is 1. The van der Waals surface area contributed by atoms with E-state index in [2.05, 4.69) is 4.98 Å². The summed E-state index contributed by atoms with van der Waals surface area (Å²) in [6.45, 7) is -0.109. The zero-order chi connectivity index (χ0) is 12.4. The first kappa shape index (κ1) is 12.6. The van der Waals surface area contributed by atoms with Gasteiger partial charge in [-0.1, -0.05) is 23.2 Å². The summed E-state index contributed by atoms with van der Waals surface area (Å²) in [5, 5.41) is 9.74. The van der Waals surface area contributed by atoms with Gasteiger partial charge in [-0.05, 0) is 18.2 Å². The molecule has 2 aromatic rings. The van der Waals surface area contributed by atoms with Crippen molar-refractivity contribution in [1.29, 1.82) is 0 Å². The molecular formula is C11H9Cl2NO2S. The molecule has 2 rings (SSSR count). The van der Waals surface area contributed by atoms with Crippen LogP contribution in [0.15, 0.2) is 18.2 Å². The smallest absolute Gasteiger partial charge is 0.184 e. The summed E-state index contributed by atoms with van der Waals surface area (Å²) in [5.74, 6) is 0.672. The monoisotopic (exact) mass is 289 g/mol. The fraction of sp³-hybridized carbons (Fsp3) is 0.182. The number of ether oxygens (including phenoxy) is 1. The van der Waals surface area contributed by atoms with Gasteiger partial charge in [0.05, 0.1) is 29.3 Å². The summed E-state index contributed by atoms with van der Waals surface area (Å²) < 4.78 is 5.46. The van der Waals surface area contributed by atoms with Crippen molar-refractivity contribution in [3.8, 4) is 17.0 Å². The molecule has 0 saturated carbocycles. The van der Waals surface area contributed by atoms with Gasteiger partial charge in [0.1, 0.15) is 5.75 Å². The second-order valence-electron chi connectivity index (χ2n) is 3.24. The van der Waals surface area contributed by atoms with Crippen LogP contribution in [0.1, 0.15) is 4.88 Å². The molecule has 0 fully saturated rings. The number of thiazole rings is 1. The molecular weight excluding hydrogens is 281 g/mol. The van der Waals surface area contributed by atoms with Crippen LogP contribution in [0.4, 0.5) is 0 Å². The second kappa shape index (κ2) is 5.23. The Hall–Kier alpha value is -0.810. The largest absolute Gasteiger partial charge is 0.497 e. The lowest BCUT2D eigenvalue weighted by atomic mass is 10.1. The van der Waals surface area contributed by atoms with Crippen LogP contribution < -0.4 is 4.74 Å². The van der Waals surface area contributed by atoms with Crippen molar-refractivity contribution in [2.75, 3.05) is 7.11 Å². The first-order valence-electron chi connectivity index (χ1n) is 4.75. The van der Waals surface area contributed by atoms with E-state index < -0.39 is 0 Å². The molecule has 0 aliphatic carbocycles. The molecule has 1 aromatic carbocycles. The molecule has 0 aliphatic rings. The Morgan fingerprint density at radius 2 is 2.18 bits per heavy atom. The van der Waals surface area contributed by atoms with E-state index in [0.29, 0.717) is 25.8 Å². The third-order valence-corrected chi connectivity index (χ3v) is 3.70. The number of aliphatic hydroxyl groups is 1. The van der Waals surface area contributed by atoms with Gasteiger partial charge in [-0.25, -0.2) is 4.98 Å². The normalized spacial score (nSPS) is 10.6. The number of nitrogens with zero attached hydrogens (tertiary/aromatic N) is 1. The average Bonchev–Trinajstić information content (AvgIpc) is 2.70. The van der Waals surface area contributed by atoms with Crippen molar-refractivity contribution in [3.63, 3.8) is 0 Å². The maximum atomic E-state index is 9.23. The molecule has 6 heteroatoms. The van der Waals surface area contributed by atoms with Gasteiger partial charge in [-0.3, -0.25) is 0 Å². The van der Waals surface area contributed by atoms with Crippen LogP contribution in [-0.2, 0) is 6.61 Å². The quantitative estimate of drug-likeness (QED) is 0.938. The standard InChI is InChI=1S/C11H9Cl2NO2S/c1-16-6-2-3-7(8(12)4-6)10-9(5-15)17-11(13)14-10/h2-4,15H,5H2,1H3. The maximum Gasteiger partial charge on any atom is 0.184 e. The van der Waals surface area contributed by atoms with Gasteiger partial charge in [0.2, 0.25) is 0 Å². The van der Waals surface area contributed by atoms with Crippen LogP contribution in [-0.4, -0.2) is 17.2 Å². The molecule has 1 aromatic heterocycles. The van der Waals surface area contributed by atoms with E-state index >= 15 is 0 Å². The first-order chi connectivity index (χ1) is 8.15. The molecule has 0 amide bonds. The summed E-state index contributed by atoms with van der Waals surface area (Å²) in [6, 6.07) is 5.28. The van der Waals surface area contributed by atoms with Crippen molar-refractivity contribution < 1.29 is 9.84 Å². The minimum Gasteiger partial charge on any atom is -0.497 e. The number of halogens is 2. The molecule has 3 nitrogen and oxygen atoms in total. The van der Waals surface area contributed by atoms with E-state index in [1.165, 1.54) is 11.3 Å². The van der Waals surface area contributed by atoms with Crippen molar-refractivity contribution >= 4 is 34.5 Å². The zero-order valence-electron chi connectivity index (χ0n) is 8.91. The zero-order valence-corrected chi connectivity index (χ0v) is 11.2. The van der Waals surface area contributed by atoms with Crippen LogP contribution in [0, 0.1) is 0 Å². The predicted octanol–water partition coefficient (Wildman–Crippen LogP) is 3.62. The van der Waals surface area contributed by atoms with Crippen LogP contribution in [0.25, 0.3) is 11.3 Å². The van der Waals surface area contributed by atoms with Gasteiger partial charge in [0.15, 0.2) is 4.47 Å². The number of benzene rings is 1. The Bertz CT molecular complexity index is 542. The van der Waals surface area contributed by atoms with Crippen LogP contribution in [0.3, 0.4) is 0 Å². The van der Waals surface area contributed by atoms with E-state index in [0.717, 1.165) is 5.56 Å². The summed E-state index contributed by atoms with van der Waals surface area (Å²) in [5.41, 5.74) is 1.36. The molecule has 0 atom stereocenters. The third kappa shape index (κ3) is 2.55. The topological polar surface area (TPSA) is 42.4 Å². The molecule has 1 heterocycles. The fourth-order valence-corrected chi connectivity index (χ4v) is 2.74. The molecule has 0 saturated heterocycles. The van der Waals surface area contributed by atoms with Crippen LogP contribution in [0.5, 0.6) is 5.75 Å². The van der Waals surface area contributed by atoms with Crippen molar-refractivity contribution in [2.24, 2.45) is 0 Å². The number of rotatable bonds is 3. The first-order valence-corrected chi connectivity index (χ1v) is 6.33. The number of hydrogen-bond acceptors (Lipinski definition) is 4. The average molecular weight is 290 g/mol. The molecule has 1 N–H and O–H groups in total. The summed E-state index contributed by atoms with van der Waals surface area (Å²) >= 11 is 13.2. The van der Waals surface area contributed by atoms with Gasteiger partial charge in [0.25, 0.3) is 0 Å². The van der Waals surface area contributed by atoms with E-state index in [1.54, 1.807) is 25.3 Å². The Labute approximate surface area is 113 Å². The maximum absolute atomic E-state index is 9.23. The summed E-state index contributed by atoms with van der Waals surface area (Å²) in [7, 11) is 1.57. The molecule has 0 radical (unpaired) electrons. The Morgan fingerprint density at radius 3 is 2.76 bits per heavy atom. The Morgan fingerprint density at radius 1 is 1.41 bits per heavy atom. The van der Waals surface area contributed by atoms with Crippen molar-refractivity contribution in [2.45, 2.75) is 6.61 Å². The SMILES string of the molecule is COc1ccc(-c2nc(Cl)sc2CO)c(Cl)c1.